The van der Waals surface area contributed by atoms with E-state index < -0.39 is 0 Å². The van der Waals surface area contributed by atoms with Gasteiger partial charge in [-0.05, 0) is 30.7 Å². The molecule has 0 aliphatic heterocycles. The molecule has 19 heavy (non-hydrogen) atoms. The lowest BCUT2D eigenvalue weighted by molar-refractivity contribution is 1.27. The predicted octanol–water partition coefficient (Wildman–Crippen LogP) is 4.83. The average Bonchev–Trinajstić information content (AvgIpc) is 2.89. The molecule has 2 aromatic heterocycles. The SMILES string of the molecule is Cc1ccncc1-c1csc(-c2ccc(Cl)cc2)n1. The molecular formula is C15H11ClN2S. The Hall–Kier alpha value is -1.71. The van der Waals surface area contributed by atoms with Crippen LogP contribution in [-0.4, -0.2) is 9.97 Å². The Morgan fingerprint density at radius 3 is 2.63 bits per heavy atom. The lowest BCUT2D eigenvalue weighted by Gasteiger charge is -2.00. The topological polar surface area (TPSA) is 25.8 Å². The number of aromatic nitrogens is 2. The lowest BCUT2D eigenvalue weighted by atomic mass is 10.1. The minimum atomic E-state index is 0.739. The number of thiazole rings is 1. The normalized spacial score (nSPS) is 10.6. The van der Waals surface area contributed by atoms with E-state index in [0.717, 1.165) is 26.9 Å². The van der Waals surface area contributed by atoms with Crippen LogP contribution in [0.25, 0.3) is 21.8 Å². The molecule has 0 unspecified atom stereocenters. The van der Waals surface area contributed by atoms with Gasteiger partial charge in [-0.2, -0.15) is 0 Å². The number of rotatable bonds is 2. The molecule has 0 fully saturated rings. The largest absolute Gasteiger partial charge is 0.264 e. The van der Waals surface area contributed by atoms with Gasteiger partial charge in [0.2, 0.25) is 0 Å². The van der Waals surface area contributed by atoms with Crippen LogP contribution < -0.4 is 0 Å². The van der Waals surface area contributed by atoms with Gasteiger partial charge in [0.25, 0.3) is 0 Å². The fourth-order valence-electron chi connectivity index (χ4n) is 1.85. The second-order valence-electron chi connectivity index (χ2n) is 4.24. The van der Waals surface area contributed by atoms with Crippen LogP contribution in [0.2, 0.25) is 5.02 Å². The predicted molar refractivity (Wildman–Crippen MR) is 80.5 cm³/mol. The molecule has 0 aliphatic carbocycles. The number of halogens is 1. The van der Waals surface area contributed by atoms with Gasteiger partial charge in [-0.15, -0.1) is 11.3 Å². The third-order valence-corrected chi connectivity index (χ3v) is 4.05. The zero-order chi connectivity index (χ0) is 13.2. The lowest BCUT2D eigenvalue weighted by Crippen LogP contribution is -1.85. The van der Waals surface area contributed by atoms with E-state index in [0.29, 0.717) is 0 Å². The molecule has 0 radical (unpaired) electrons. The monoisotopic (exact) mass is 286 g/mol. The summed E-state index contributed by atoms with van der Waals surface area (Å²) in [5.74, 6) is 0. The van der Waals surface area contributed by atoms with Crippen molar-refractivity contribution in [2.75, 3.05) is 0 Å². The molecule has 0 aliphatic rings. The molecule has 0 spiro atoms. The van der Waals surface area contributed by atoms with Gasteiger partial charge < -0.3 is 0 Å². The Bertz CT molecular complexity index is 704. The molecule has 3 aromatic rings. The fourth-order valence-corrected chi connectivity index (χ4v) is 2.81. The number of aryl methyl sites for hydroxylation is 1. The zero-order valence-corrected chi connectivity index (χ0v) is 11.9. The van der Waals surface area contributed by atoms with E-state index in [-0.39, 0.29) is 0 Å². The van der Waals surface area contributed by atoms with Crippen LogP contribution in [0, 0.1) is 6.92 Å². The van der Waals surface area contributed by atoms with E-state index in [4.69, 9.17) is 11.6 Å². The van der Waals surface area contributed by atoms with Gasteiger partial charge in [-0.3, -0.25) is 4.98 Å². The highest BCUT2D eigenvalue weighted by molar-refractivity contribution is 7.13. The van der Waals surface area contributed by atoms with Crippen molar-refractivity contribution in [2.45, 2.75) is 6.92 Å². The molecule has 2 heterocycles. The van der Waals surface area contributed by atoms with Crippen LogP contribution in [0.4, 0.5) is 0 Å². The van der Waals surface area contributed by atoms with Crippen LogP contribution in [0.3, 0.4) is 0 Å². The van der Waals surface area contributed by atoms with E-state index >= 15 is 0 Å². The molecule has 0 bridgehead atoms. The summed E-state index contributed by atoms with van der Waals surface area (Å²) in [6.45, 7) is 2.07. The Morgan fingerprint density at radius 2 is 1.89 bits per heavy atom. The molecule has 0 saturated heterocycles. The van der Waals surface area contributed by atoms with Crippen LogP contribution in [0.5, 0.6) is 0 Å². The molecule has 4 heteroatoms. The third kappa shape index (κ3) is 2.53. The molecule has 0 saturated carbocycles. The summed E-state index contributed by atoms with van der Waals surface area (Å²) in [6, 6.07) is 9.74. The van der Waals surface area contributed by atoms with Gasteiger partial charge >= 0.3 is 0 Å². The minimum Gasteiger partial charge on any atom is -0.264 e. The number of pyridine rings is 1. The quantitative estimate of drug-likeness (QED) is 0.674. The molecule has 0 amide bonds. The van der Waals surface area contributed by atoms with E-state index in [9.17, 15) is 0 Å². The number of benzene rings is 1. The smallest absolute Gasteiger partial charge is 0.124 e. The van der Waals surface area contributed by atoms with Crippen LogP contribution >= 0.6 is 22.9 Å². The summed E-state index contributed by atoms with van der Waals surface area (Å²) in [5.41, 5.74) is 4.32. The minimum absolute atomic E-state index is 0.739. The zero-order valence-electron chi connectivity index (χ0n) is 10.3. The first-order chi connectivity index (χ1) is 9.24. The van der Waals surface area contributed by atoms with Crippen molar-refractivity contribution in [3.8, 4) is 21.8 Å². The fraction of sp³-hybridized carbons (Fsp3) is 0.0667. The highest BCUT2D eigenvalue weighted by atomic mass is 35.5. The Kier molecular flexibility index (Phi) is 3.32. The standard InChI is InChI=1S/C15H11ClN2S/c1-10-6-7-17-8-13(10)14-9-19-15(18-14)11-2-4-12(16)5-3-11/h2-9H,1H3. The maximum atomic E-state index is 5.90. The van der Waals surface area contributed by atoms with Gasteiger partial charge in [0.05, 0.1) is 5.69 Å². The number of hydrogen-bond donors (Lipinski definition) is 0. The summed E-state index contributed by atoms with van der Waals surface area (Å²) in [5, 5.41) is 3.80. The Morgan fingerprint density at radius 1 is 1.11 bits per heavy atom. The van der Waals surface area contributed by atoms with E-state index in [2.05, 4.69) is 22.3 Å². The molecule has 0 atom stereocenters. The average molecular weight is 287 g/mol. The molecule has 94 valence electrons. The van der Waals surface area contributed by atoms with Crippen LogP contribution in [0.15, 0.2) is 48.1 Å². The van der Waals surface area contributed by atoms with Crippen molar-refractivity contribution in [3.63, 3.8) is 0 Å². The van der Waals surface area contributed by atoms with Crippen LogP contribution in [-0.2, 0) is 0 Å². The summed E-state index contributed by atoms with van der Waals surface area (Å²) in [4.78, 5) is 8.84. The molecule has 1 aromatic carbocycles. The van der Waals surface area contributed by atoms with Crippen molar-refractivity contribution in [1.82, 2.24) is 9.97 Å². The highest BCUT2D eigenvalue weighted by Gasteiger charge is 2.08. The van der Waals surface area contributed by atoms with E-state index in [1.807, 2.05) is 36.5 Å². The van der Waals surface area contributed by atoms with E-state index in [1.165, 1.54) is 5.56 Å². The first-order valence-corrected chi connectivity index (χ1v) is 7.12. The van der Waals surface area contributed by atoms with Crippen molar-refractivity contribution in [1.29, 1.82) is 0 Å². The van der Waals surface area contributed by atoms with Gasteiger partial charge in [0, 0.05) is 33.9 Å². The number of nitrogens with zero attached hydrogens (tertiary/aromatic N) is 2. The first-order valence-electron chi connectivity index (χ1n) is 5.86. The maximum Gasteiger partial charge on any atom is 0.124 e. The van der Waals surface area contributed by atoms with Crippen molar-refractivity contribution < 1.29 is 0 Å². The third-order valence-electron chi connectivity index (χ3n) is 2.91. The maximum absolute atomic E-state index is 5.90. The van der Waals surface area contributed by atoms with Gasteiger partial charge in [0.15, 0.2) is 0 Å². The first kappa shape index (κ1) is 12.3. The van der Waals surface area contributed by atoms with Gasteiger partial charge in [-0.1, -0.05) is 23.7 Å². The molecule has 3 rings (SSSR count). The summed E-state index contributed by atoms with van der Waals surface area (Å²) >= 11 is 7.53. The molecular weight excluding hydrogens is 276 g/mol. The summed E-state index contributed by atoms with van der Waals surface area (Å²) in [7, 11) is 0. The summed E-state index contributed by atoms with van der Waals surface area (Å²) < 4.78 is 0. The summed E-state index contributed by atoms with van der Waals surface area (Å²) in [6.07, 6.45) is 3.65. The van der Waals surface area contributed by atoms with Gasteiger partial charge in [-0.25, -0.2) is 4.98 Å². The molecule has 0 N–H and O–H groups in total. The Labute approximate surface area is 120 Å². The molecule has 2 nitrogen and oxygen atoms in total. The second kappa shape index (κ2) is 5.11. The van der Waals surface area contributed by atoms with Crippen molar-refractivity contribution in [3.05, 3.63) is 58.7 Å². The van der Waals surface area contributed by atoms with Gasteiger partial charge in [0.1, 0.15) is 5.01 Å². The van der Waals surface area contributed by atoms with Crippen molar-refractivity contribution in [2.24, 2.45) is 0 Å². The number of hydrogen-bond acceptors (Lipinski definition) is 3. The van der Waals surface area contributed by atoms with Crippen molar-refractivity contribution >= 4 is 22.9 Å². The van der Waals surface area contributed by atoms with Crippen LogP contribution in [0.1, 0.15) is 5.56 Å². The Balaban J connectivity index is 2.00. The highest BCUT2D eigenvalue weighted by Crippen LogP contribution is 2.30. The van der Waals surface area contributed by atoms with E-state index in [1.54, 1.807) is 17.5 Å². The second-order valence-corrected chi connectivity index (χ2v) is 5.53.